The van der Waals surface area contributed by atoms with Gasteiger partial charge in [-0.25, -0.2) is 0 Å². The smallest absolute Gasteiger partial charge is 0.214 e. The van der Waals surface area contributed by atoms with Crippen molar-refractivity contribution in [1.82, 2.24) is 4.98 Å². The van der Waals surface area contributed by atoms with E-state index < -0.39 is 0 Å². The van der Waals surface area contributed by atoms with Crippen LogP contribution in [0.5, 0.6) is 5.88 Å². The number of anilines is 1. The summed E-state index contributed by atoms with van der Waals surface area (Å²) >= 11 is 0. The van der Waals surface area contributed by atoms with Crippen molar-refractivity contribution in [3.8, 4) is 5.88 Å². The van der Waals surface area contributed by atoms with Gasteiger partial charge in [-0.15, -0.1) is 0 Å². The Balaban J connectivity index is 2.15. The molecule has 1 aromatic heterocycles. The molecular formula is C14H23N3O. The van der Waals surface area contributed by atoms with Crippen LogP contribution in [0.15, 0.2) is 18.2 Å². The standard InChI is InChI=1S/C14H23N3O/c1-3-11-7-8-17(12(9-11)10-15)13-5-4-6-14(16-13)18-2/h4-6,11-12H,3,7-10,15H2,1-2H3. The van der Waals surface area contributed by atoms with Gasteiger partial charge in [-0.05, 0) is 24.8 Å². The van der Waals surface area contributed by atoms with Crippen LogP contribution in [0.3, 0.4) is 0 Å². The Morgan fingerprint density at radius 1 is 1.50 bits per heavy atom. The van der Waals surface area contributed by atoms with Crippen LogP contribution in [-0.2, 0) is 0 Å². The highest BCUT2D eigenvalue weighted by atomic mass is 16.5. The van der Waals surface area contributed by atoms with E-state index in [9.17, 15) is 0 Å². The lowest BCUT2D eigenvalue weighted by Crippen LogP contribution is -2.47. The van der Waals surface area contributed by atoms with Crippen LogP contribution in [0.4, 0.5) is 5.82 Å². The predicted molar refractivity (Wildman–Crippen MR) is 74.0 cm³/mol. The van der Waals surface area contributed by atoms with Crippen molar-refractivity contribution >= 4 is 5.82 Å². The minimum absolute atomic E-state index is 0.406. The van der Waals surface area contributed by atoms with Gasteiger partial charge in [-0.3, -0.25) is 0 Å². The highest BCUT2D eigenvalue weighted by Crippen LogP contribution is 2.29. The van der Waals surface area contributed by atoms with Gasteiger partial charge in [0.25, 0.3) is 0 Å². The first-order valence-electron chi connectivity index (χ1n) is 6.76. The van der Waals surface area contributed by atoms with Crippen LogP contribution in [0, 0.1) is 5.92 Å². The summed E-state index contributed by atoms with van der Waals surface area (Å²) in [7, 11) is 1.65. The van der Waals surface area contributed by atoms with E-state index in [0.29, 0.717) is 18.5 Å². The predicted octanol–water partition coefficient (Wildman–Crippen LogP) is 2.04. The van der Waals surface area contributed by atoms with Gasteiger partial charge in [0.2, 0.25) is 5.88 Å². The largest absolute Gasteiger partial charge is 0.481 e. The third-order valence-corrected chi connectivity index (χ3v) is 3.89. The van der Waals surface area contributed by atoms with Crippen LogP contribution in [0.2, 0.25) is 0 Å². The number of aromatic nitrogens is 1. The van der Waals surface area contributed by atoms with E-state index in [1.54, 1.807) is 7.11 Å². The molecule has 2 heterocycles. The van der Waals surface area contributed by atoms with Crippen LogP contribution < -0.4 is 15.4 Å². The average Bonchev–Trinajstić information content (AvgIpc) is 2.46. The zero-order valence-corrected chi connectivity index (χ0v) is 11.3. The highest BCUT2D eigenvalue weighted by Gasteiger charge is 2.27. The maximum absolute atomic E-state index is 5.92. The molecule has 0 aromatic carbocycles. The Bertz CT molecular complexity index is 383. The fourth-order valence-electron chi connectivity index (χ4n) is 2.71. The van der Waals surface area contributed by atoms with Crippen molar-refractivity contribution in [3.63, 3.8) is 0 Å². The lowest BCUT2D eigenvalue weighted by molar-refractivity contribution is 0.333. The van der Waals surface area contributed by atoms with E-state index in [4.69, 9.17) is 10.5 Å². The second-order valence-electron chi connectivity index (χ2n) is 4.92. The van der Waals surface area contributed by atoms with E-state index >= 15 is 0 Å². The molecule has 1 saturated heterocycles. The second-order valence-corrected chi connectivity index (χ2v) is 4.92. The summed E-state index contributed by atoms with van der Waals surface area (Å²) in [5.41, 5.74) is 5.92. The minimum Gasteiger partial charge on any atom is -0.481 e. The molecule has 100 valence electrons. The van der Waals surface area contributed by atoms with Crippen molar-refractivity contribution in [2.45, 2.75) is 32.2 Å². The number of nitrogens with zero attached hydrogens (tertiary/aromatic N) is 2. The SMILES string of the molecule is CCC1CCN(c2cccc(OC)n2)C(CN)C1. The van der Waals surface area contributed by atoms with Crippen LogP contribution in [-0.4, -0.2) is 31.2 Å². The van der Waals surface area contributed by atoms with Gasteiger partial charge in [0.05, 0.1) is 7.11 Å². The number of ether oxygens (including phenoxy) is 1. The molecule has 1 aliphatic heterocycles. The quantitative estimate of drug-likeness (QED) is 0.887. The van der Waals surface area contributed by atoms with Crippen molar-refractivity contribution in [2.24, 2.45) is 11.7 Å². The van der Waals surface area contributed by atoms with E-state index in [2.05, 4.69) is 16.8 Å². The van der Waals surface area contributed by atoms with Gasteiger partial charge in [-0.2, -0.15) is 4.98 Å². The summed E-state index contributed by atoms with van der Waals surface area (Å²) in [4.78, 5) is 6.84. The molecule has 2 rings (SSSR count). The topological polar surface area (TPSA) is 51.4 Å². The summed E-state index contributed by atoms with van der Waals surface area (Å²) in [5, 5.41) is 0. The summed E-state index contributed by atoms with van der Waals surface area (Å²) < 4.78 is 5.19. The normalized spacial score (nSPS) is 24.1. The molecule has 4 nitrogen and oxygen atoms in total. The van der Waals surface area contributed by atoms with Crippen LogP contribution in [0.1, 0.15) is 26.2 Å². The zero-order chi connectivity index (χ0) is 13.0. The highest BCUT2D eigenvalue weighted by molar-refractivity contribution is 5.42. The van der Waals surface area contributed by atoms with Gasteiger partial charge < -0.3 is 15.4 Å². The first kappa shape index (κ1) is 13.1. The Hall–Kier alpha value is -1.29. The molecule has 0 radical (unpaired) electrons. The first-order chi connectivity index (χ1) is 8.78. The number of piperidine rings is 1. The molecule has 0 spiro atoms. The molecule has 2 unspecified atom stereocenters. The molecule has 18 heavy (non-hydrogen) atoms. The van der Waals surface area contributed by atoms with Gasteiger partial charge in [0.15, 0.2) is 0 Å². The van der Waals surface area contributed by atoms with E-state index in [1.165, 1.54) is 19.3 Å². The Morgan fingerprint density at radius 2 is 2.33 bits per heavy atom. The Kier molecular flexibility index (Phi) is 4.42. The molecular weight excluding hydrogens is 226 g/mol. The average molecular weight is 249 g/mol. The van der Waals surface area contributed by atoms with Crippen molar-refractivity contribution in [2.75, 3.05) is 25.1 Å². The van der Waals surface area contributed by atoms with Gasteiger partial charge in [-0.1, -0.05) is 19.4 Å². The van der Waals surface area contributed by atoms with Crippen molar-refractivity contribution in [1.29, 1.82) is 0 Å². The minimum atomic E-state index is 0.406. The molecule has 2 N–H and O–H groups in total. The number of nitrogens with two attached hydrogens (primary N) is 1. The molecule has 2 atom stereocenters. The Labute approximate surface area is 109 Å². The summed E-state index contributed by atoms with van der Waals surface area (Å²) in [6.07, 6.45) is 3.65. The summed E-state index contributed by atoms with van der Waals surface area (Å²) in [6.45, 7) is 3.99. The molecule has 0 bridgehead atoms. The fourth-order valence-corrected chi connectivity index (χ4v) is 2.71. The maximum Gasteiger partial charge on any atom is 0.214 e. The van der Waals surface area contributed by atoms with Gasteiger partial charge in [0, 0.05) is 25.2 Å². The Morgan fingerprint density at radius 3 is 3.00 bits per heavy atom. The fraction of sp³-hybridized carbons (Fsp3) is 0.643. The number of rotatable bonds is 4. The zero-order valence-electron chi connectivity index (χ0n) is 11.3. The van der Waals surface area contributed by atoms with Crippen molar-refractivity contribution in [3.05, 3.63) is 18.2 Å². The number of hydrogen-bond acceptors (Lipinski definition) is 4. The van der Waals surface area contributed by atoms with E-state index in [1.807, 2.05) is 18.2 Å². The maximum atomic E-state index is 5.92. The second kappa shape index (κ2) is 6.05. The van der Waals surface area contributed by atoms with Crippen LogP contribution in [0.25, 0.3) is 0 Å². The van der Waals surface area contributed by atoms with E-state index in [-0.39, 0.29) is 0 Å². The molecule has 0 aliphatic carbocycles. The van der Waals surface area contributed by atoms with Gasteiger partial charge in [0.1, 0.15) is 5.82 Å². The van der Waals surface area contributed by atoms with Gasteiger partial charge >= 0.3 is 0 Å². The first-order valence-corrected chi connectivity index (χ1v) is 6.76. The molecule has 1 aromatic rings. The molecule has 0 amide bonds. The van der Waals surface area contributed by atoms with Crippen molar-refractivity contribution < 1.29 is 4.74 Å². The number of pyridine rings is 1. The third-order valence-electron chi connectivity index (χ3n) is 3.89. The summed E-state index contributed by atoms with van der Waals surface area (Å²) in [6, 6.07) is 6.31. The molecule has 4 heteroatoms. The lowest BCUT2D eigenvalue weighted by atomic mass is 9.89. The molecule has 0 saturated carbocycles. The number of hydrogen-bond donors (Lipinski definition) is 1. The lowest BCUT2D eigenvalue weighted by Gasteiger charge is -2.39. The third kappa shape index (κ3) is 2.75. The summed E-state index contributed by atoms with van der Waals surface area (Å²) in [5.74, 6) is 2.46. The van der Waals surface area contributed by atoms with Crippen LogP contribution >= 0.6 is 0 Å². The molecule has 1 aliphatic rings. The van der Waals surface area contributed by atoms with E-state index in [0.717, 1.165) is 18.3 Å². The molecule has 1 fully saturated rings. The monoisotopic (exact) mass is 249 g/mol. The number of methoxy groups -OCH3 is 1.